The first-order valence-corrected chi connectivity index (χ1v) is 6.08. The van der Waals surface area contributed by atoms with Gasteiger partial charge in [-0.2, -0.15) is 5.10 Å². The summed E-state index contributed by atoms with van der Waals surface area (Å²) in [7, 11) is 1.91. The summed E-state index contributed by atoms with van der Waals surface area (Å²) in [6.07, 6.45) is 3.93. The fourth-order valence-electron chi connectivity index (χ4n) is 1.77. The van der Waals surface area contributed by atoms with Crippen LogP contribution in [0.4, 0.5) is 0 Å². The fourth-order valence-corrected chi connectivity index (χ4v) is 1.95. The van der Waals surface area contributed by atoms with E-state index in [1.165, 1.54) is 0 Å². The zero-order valence-electron chi connectivity index (χ0n) is 10.1. The highest BCUT2D eigenvalue weighted by atomic mass is 35.5. The molecule has 17 heavy (non-hydrogen) atoms. The SMILES string of the molecule is CCn1cc(-c2ccc(Cl)c(CNC)c2)cn1. The molecule has 0 bridgehead atoms. The number of nitrogens with zero attached hydrogens (tertiary/aromatic N) is 2. The first kappa shape index (κ1) is 12.1. The Kier molecular flexibility index (Phi) is 3.82. The predicted molar refractivity (Wildman–Crippen MR) is 71.1 cm³/mol. The Morgan fingerprint density at radius 1 is 1.35 bits per heavy atom. The molecule has 0 atom stereocenters. The van der Waals surface area contributed by atoms with Gasteiger partial charge in [-0.3, -0.25) is 4.68 Å². The molecule has 0 radical (unpaired) electrons. The number of aryl methyl sites for hydroxylation is 1. The van der Waals surface area contributed by atoms with E-state index < -0.39 is 0 Å². The Labute approximate surface area is 106 Å². The van der Waals surface area contributed by atoms with E-state index in [2.05, 4.69) is 23.4 Å². The lowest BCUT2D eigenvalue weighted by molar-refractivity contribution is 0.660. The smallest absolute Gasteiger partial charge is 0.0568 e. The van der Waals surface area contributed by atoms with Crippen molar-refractivity contribution in [2.45, 2.75) is 20.0 Å². The Bertz CT molecular complexity index is 505. The molecule has 2 aromatic rings. The molecule has 1 aromatic heterocycles. The molecular formula is C13H16ClN3. The minimum Gasteiger partial charge on any atom is -0.316 e. The van der Waals surface area contributed by atoms with Gasteiger partial charge in [0.25, 0.3) is 0 Å². The third-order valence-electron chi connectivity index (χ3n) is 2.70. The lowest BCUT2D eigenvalue weighted by Gasteiger charge is -2.05. The van der Waals surface area contributed by atoms with Gasteiger partial charge in [-0.15, -0.1) is 0 Å². The van der Waals surface area contributed by atoms with E-state index in [0.29, 0.717) is 0 Å². The Balaban J connectivity index is 2.35. The number of halogens is 1. The van der Waals surface area contributed by atoms with Crippen LogP contribution < -0.4 is 5.32 Å². The van der Waals surface area contributed by atoms with Crippen LogP contribution in [0.25, 0.3) is 11.1 Å². The van der Waals surface area contributed by atoms with Crippen LogP contribution in [-0.2, 0) is 13.1 Å². The molecule has 0 spiro atoms. The number of hydrogen-bond acceptors (Lipinski definition) is 2. The van der Waals surface area contributed by atoms with Gasteiger partial charge in [-0.25, -0.2) is 0 Å². The molecule has 1 aromatic carbocycles. The molecule has 1 heterocycles. The second-order valence-electron chi connectivity index (χ2n) is 3.92. The van der Waals surface area contributed by atoms with Gasteiger partial charge < -0.3 is 5.32 Å². The van der Waals surface area contributed by atoms with Crippen LogP contribution in [0.3, 0.4) is 0 Å². The molecule has 3 nitrogen and oxygen atoms in total. The summed E-state index contributed by atoms with van der Waals surface area (Å²) in [5.74, 6) is 0. The zero-order chi connectivity index (χ0) is 12.3. The molecule has 90 valence electrons. The minimum absolute atomic E-state index is 0.772. The molecule has 0 aliphatic heterocycles. The molecule has 4 heteroatoms. The average Bonchev–Trinajstić information content (AvgIpc) is 2.81. The van der Waals surface area contributed by atoms with E-state index in [1.807, 2.05) is 36.3 Å². The molecular weight excluding hydrogens is 234 g/mol. The van der Waals surface area contributed by atoms with E-state index in [-0.39, 0.29) is 0 Å². The molecule has 0 unspecified atom stereocenters. The van der Waals surface area contributed by atoms with Crippen molar-refractivity contribution in [1.29, 1.82) is 0 Å². The van der Waals surface area contributed by atoms with Crippen LogP contribution in [0.15, 0.2) is 30.6 Å². The summed E-state index contributed by atoms with van der Waals surface area (Å²) in [6.45, 7) is 3.73. The summed E-state index contributed by atoms with van der Waals surface area (Å²) in [5, 5.41) is 8.19. The van der Waals surface area contributed by atoms with Crippen molar-refractivity contribution < 1.29 is 0 Å². The van der Waals surface area contributed by atoms with Crippen molar-refractivity contribution in [3.05, 3.63) is 41.2 Å². The summed E-state index contributed by atoms with van der Waals surface area (Å²) in [6, 6.07) is 6.07. The highest BCUT2D eigenvalue weighted by molar-refractivity contribution is 6.31. The summed E-state index contributed by atoms with van der Waals surface area (Å²) >= 11 is 6.13. The van der Waals surface area contributed by atoms with E-state index in [9.17, 15) is 0 Å². The van der Waals surface area contributed by atoms with Gasteiger partial charge in [0.1, 0.15) is 0 Å². The van der Waals surface area contributed by atoms with E-state index >= 15 is 0 Å². The van der Waals surface area contributed by atoms with Gasteiger partial charge in [0, 0.05) is 29.9 Å². The topological polar surface area (TPSA) is 29.9 Å². The third kappa shape index (κ3) is 2.68. The number of aromatic nitrogens is 2. The van der Waals surface area contributed by atoms with E-state index in [0.717, 1.165) is 34.8 Å². The first-order valence-electron chi connectivity index (χ1n) is 5.70. The Morgan fingerprint density at radius 3 is 2.82 bits per heavy atom. The van der Waals surface area contributed by atoms with Crippen molar-refractivity contribution in [3.63, 3.8) is 0 Å². The third-order valence-corrected chi connectivity index (χ3v) is 3.07. The van der Waals surface area contributed by atoms with Crippen LogP contribution in [0.2, 0.25) is 5.02 Å². The van der Waals surface area contributed by atoms with Gasteiger partial charge in [0.2, 0.25) is 0 Å². The molecule has 0 aliphatic rings. The monoisotopic (exact) mass is 249 g/mol. The number of nitrogens with one attached hydrogen (secondary N) is 1. The Morgan fingerprint density at radius 2 is 2.18 bits per heavy atom. The van der Waals surface area contributed by atoms with Gasteiger partial charge in [0.15, 0.2) is 0 Å². The molecule has 0 fully saturated rings. The van der Waals surface area contributed by atoms with Crippen LogP contribution in [0, 0.1) is 0 Å². The largest absolute Gasteiger partial charge is 0.316 e. The lowest BCUT2D eigenvalue weighted by Crippen LogP contribution is -2.05. The maximum Gasteiger partial charge on any atom is 0.0568 e. The molecule has 0 aliphatic carbocycles. The van der Waals surface area contributed by atoms with Gasteiger partial charge in [-0.1, -0.05) is 17.7 Å². The predicted octanol–water partition coefficient (Wildman–Crippen LogP) is 2.94. The van der Waals surface area contributed by atoms with Crippen LogP contribution >= 0.6 is 11.6 Å². The van der Waals surface area contributed by atoms with Crippen molar-refractivity contribution in [2.24, 2.45) is 0 Å². The molecule has 0 saturated carbocycles. The van der Waals surface area contributed by atoms with Crippen molar-refractivity contribution in [3.8, 4) is 11.1 Å². The van der Waals surface area contributed by atoms with Crippen LogP contribution in [-0.4, -0.2) is 16.8 Å². The van der Waals surface area contributed by atoms with Crippen molar-refractivity contribution in [1.82, 2.24) is 15.1 Å². The van der Waals surface area contributed by atoms with E-state index in [4.69, 9.17) is 11.6 Å². The van der Waals surface area contributed by atoms with E-state index in [1.54, 1.807) is 0 Å². The second-order valence-corrected chi connectivity index (χ2v) is 4.33. The van der Waals surface area contributed by atoms with Crippen LogP contribution in [0.5, 0.6) is 0 Å². The van der Waals surface area contributed by atoms with Gasteiger partial charge in [-0.05, 0) is 37.2 Å². The molecule has 0 saturated heterocycles. The molecule has 1 N–H and O–H groups in total. The molecule has 2 rings (SSSR count). The summed E-state index contributed by atoms with van der Waals surface area (Å²) in [4.78, 5) is 0. The Hall–Kier alpha value is -1.32. The quantitative estimate of drug-likeness (QED) is 0.903. The van der Waals surface area contributed by atoms with Crippen molar-refractivity contribution >= 4 is 11.6 Å². The number of hydrogen-bond donors (Lipinski definition) is 1. The average molecular weight is 250 g/mol. The standard InChI is InChI=1S/C13H16ClN3/c1-3-17-9-12(8-16-17)10-4-5-13(14)11(6-10)7-15-2/h4-6,8-9,15H,3,7H2,1-2H3. The van der Waals surface area contributed by atoms with Crippen LogP contribution in [0.1, 0.15) is 12.5 Å². The summed E-state index contributed by atoms with van der Waals surface area (Å²) < 4.78 is 1.92. The normalized spacial score (nSPS) is 10.8. The van der Waals surface area contributed by atoms with Gasteiger partial charge in [0.05, 0.1) is 6.20 Å². The number of rotatable bonds is 4. The first-order chi connectivity index (χ1) is 8.24. The second kappa shape index (κ2) is 5.34. The highest BCUT2D eigenvalue weighted by Gasteiger charge is 2.05. The maximum absolute atomic E-state index is 6.13. The van der Waals surface area contributed by atoms with Gasteiger partial charge >= 0.3 is 0 Å². The summed E-state index contributed by atoms with van der Waals surface area (Å²) in [5.41, 5.74) is 3.39. The molecule has 0 amide bonds. The maximum atomic E-state index is 6.13. The lowest BCUT2D eigenvalue weighted by atomic mass is 10.1. The number of benzene rings is 1. The zero-order valence-corrected chi connectivity index (χ0v) is 10.8. The highest BCUT2D eigenvalue weighted by Crippen LogP contribution is 2.24. The van der Waals surface area contributed by atoms with Crippen molar-refractivity contribution in [2.75, 3.05) is 7.05 Å². The fraction of sp³-hybridized carbons (Fsp3) is 0.308. The minimum atomic E-state index is 0.772.